The Morgan fingerprint density at radius 3 is 2.57 bits per heavy atom. The maximum absolute atomic E-state index is 13.1. The number of aromatic nitrogens is 3. The number of benzene rings is 1. The van der Waals surface area contributed by atoms with Crippen molar-refractivity contribution in [1.82, 2.24) is 20.1 Å². The Labute approximate surface area is 178 Å². The van der Waals surface area contributed by atoms with Crippen molar-refractivity contribution in [2.45, 2.75) is 20.8 Å². The fourth-order valence-electron chi connectivity index (χ4n) is 2.80. The van der Waals surface area contributed by atoms with Crippen LogP contribution in [0.15, 0.2) is 42.6 Å². The summed E-state index contributed by atoms with van der Waals surface area (Å²) in [6.45, 7) is 4.88. The monoisotopic (exact) mass is 425 g/mol. The van der Waals surface area contributed by atoms with Gasteiger partial charge < -0.3 is 10.6 Å². The number of hydrogen-bond acceptors (Lipinski definition) is 5. The Hall–Kier alpha value is -3.52. The third kappa shape index (κ3) is 4.72. The lowest BCUT2D eigenvalue weighted by molar-refractivity contribution is -0.116. The zero-order chi connectivity index (χ0) is 21.8. The predicted molar refractivity (Wildman–Crippen MR) is 113 cm³/mol. The molecule has 0 saturated carbocycles. The number of pyridine rings is 1. The molecule has 2 aromatic heterocycles. The first-order valence-electron chi connectivity index (χ1n) is 9.13. The van der Waals surface area contributed by atoms with Crippen LogP contribution < -0.4 is 10.6 Å². The summed E-state index contributed by atoms with van der Waals surface area (Å²) in [5, 5.41) is 9.96. The molecule has 1 aromatic carbocycles. The maximum atomic E-state index is 13.1. The number of rotatable bonds is 6. The number of nitrogens with zero attached hydrogens (tertiary/aromatic N) is 3. The molecule has 0 saturated heterocycles. The second-order valence-corrected chi connectivity index (χ2v) is 7.19. The molecule has 2 amide bonds. The summed E-state index contributed by atoms with van der Waals surface area (Å²) < 4.78 is 1.36. The third-order valence-electron chi connectivity index (χ3n) is 4.17. The number of aryl methyl sites for hydroxylation is 2. The van der Waals surface area contributed by atoms with Crippen LogP contribution in [0, 0.1) is 13.8 Å². The van der Waals surface area contributed by atoms with Crippen LogP contribution in [0.2, 0.25) is 5.02 Å². The second kappa shape index (κ2) is 8.87. The lowest BCUT2D eigenvalue weighted by atomic mass is 10.1. The van der Waals surface area contributed by atoms with Crippen LogP contribution in [-0.2, 0) is 4.79 Å². The van der Waals surface area contributed by atoms with E-state index >= 15 is 0 Å². The molecule has 8 nitrogen and oxygen atoms in total. The molecule has 0 bridgehead atoms. The first kappa shape index (κ1) is 21.2. The van der Waals surface area contributed by atoms with Crippen LogP contribution in [0.25, 0.3) is 5.82 Å². The minimum Gasteiger partial charge on any atom is -0.345 e. The van der Waals surface area contributed by atoms with Crippen molar-refractivity contribution >= 4 is 34.9 Å². The van der Waals surface area contributed by atoms with Crippen LogP contribution in [0.1, 0.15) is 39.0 Å². The van der Waals surface area contributed by atoms with Gasteiger partial charge in [0.25, 0.3) is 11.8 Å². The third-order valence-corrected chi connectivity index (χ3v) is 4.46. The molecule has 0 aliphatic carbocycles. The van der Waals surface area contributed by atoms with E-state index in [9.17, 15) is 14.4 Å². The van der Waals surface area contributed by atoms with Crippen LogP contribution in [0.5, 0.6) is 0 Å². The van der Waals surface area contributed by atoms with Crippen molar-refractivity contribution < 1.29 is 14.4 Å². The van der Waals surface area contributed by atoms with E-state index in [1.54, 1.807) is 49.5 Å². The highest BCUT2D eigenvalue weighted by Crippen LogP contribution is 2.22. The van der Waals surface area contributed by atoms with E-state index in [0.717, 1.165) is 5.56 Å². The van der Waals surface area contributed by atoms with Gasteiger partial charge in [0.2, 0.25) is 0 Å². The van der Waals surface area contributed by atoms with Gasteiger partial charge in [0.05, 0.1) is 28.5 Å². The lowest BCUT2D eigenvalue weighted by Gasteiger charge is -2.13. The van der Waals surface area contributed by atoms with E-state index < -0.39 is 11.8 Å². The topological polar surface area (TPSA) is 106 Å². The minimum atomic E-state index is -0.483. The van der Waals surface area contributed by atoms with Crippen molar-refractivity contribution in [3.8, 4) is 5.82 Å². The van der Waals surface area contributed by atoms with E-state index in [0.29, 0.717) is 22.2 Å². The zero-order valence-corrected chi connectivity index (χ0v) is 17.4. The Morgan fingerprint density at radius 2 is 1.87 bits per heavy atom. The molecule has 3 aromatic rings. The maximum Gasteiger partial charge on any atom is 0.274 e. The normalized spacial score (nSPS) is 10.5. The van der Waals surface area contributed by atoms with E-state index in [2.05, 4.69) is 20.7 Å². The van der Waals surface area contributed by atoms with Gasteiger partial charge in [-0.1, -0.05) is 17.7 Å². The van der Waals surface area contributed by atoms with Gasteiger partial charge in [-0.25, -0.2) is 9.67 Å². The standard InChI is InChI=1S/C21H20ClN5O3/c1-12-6-7-15(20(29)24-11-14(3)28)17(9-12)25-21(30)18-10-13(2)26-27(18)19-16(22)5-4-8-23-19/h4-10H,11H2,1-3H3,(H,24,29)(H,25,30). The fraction of sp³-hybridized carbons (Fsp3) is 0.190. The van der Waals surface area contributed by atoms with Crippen LogP contribution in [-0.4, -0.2) is 38.9 Å². The van der Waals surface area contributed by atoms with Crippen molar-refractivity contribution in [2.75, 3.05) is 11.9 Å². The molecule has 0 spiro atoms. The number of ketones is 1. The summed E-state index contributed by atoms with van der Waals surface area (Å²) in [5.74, 6) is -0.796. The molecule has 0 unspecified atom stereocenters. The number of halogens is 1. The number of anilines is 1. The van der Waals surface area contributed by atoms with Gasteiger partial charge >= 0.3 is 0 Å². The van der Waals surface area contributed by atoms with Crippen molar-refractivity contribution in [3.63, 3.8) is 0 Å². The van der Waals surface area contributed by atoms with Gasteiger partial charge in [0, 0.05) is 6.20 Å². The Bertz CT molecular complexity index is 1140. The van der Waals surface area contributed by atoms with Gasteiger partial charge in [-0.05, 0) is 56.7 Å². The number of hydrogen-bond donors (Lipinski definition) is 2. The average molecular weight is 426 g/mol. The van der Waals surface area contributed by atoms with Gasteiger partial charge in [-0.3, -0.25) is 14.4 Å². The second-order valence-electron chi connectivity index (χ2n) is 6.78. The van der Waals surface area contributed by atoms with E-state index in [-0.39, 0.29) is 23.6 Å². The Morgan fingerprint density at radius 1 is 1.10 bits per heavy atom. The highest BCUT2D eigenvalue weighted by Gasteiger charge is 2.20. The largest absolute Gasteiger partial charge is 0.345 e. The molecule has 0 aliphatic heterocycles. The van der Waals surface area contributed by atoms with Crippen molar-refractivity contribution in [1.29, 1.82) is 0 Å². The van der Waals surface area contributed by atoms with Gasteiger partial charge in [-0.2, -0.15) is 5.10 Å². The number of carbonyl (C=O) groups is 3. The zero-order valence-electron chi connectivity index (χ0n) is 16.7. The van der Waals surface area contributed by atoms with Crippen LogP contribution in [0.3, 0.4) is 0 Å². The van der Waals surface area contributed by atoms with Gasteiger partial charge in [0.1, 0.15) is 11.5 Å². The SMILES string of the molecule is CC(=O)CNC(=O)c1ccc(C)cc1NC(=O)c1cc(C)nn1-c1ncccc1Cl. The molecule has 0 radical (unpaired) electrons. The first-order valence-corrected chi connectivity index (χ1v) is 9.51. The molecule has 0 fully saturated rings. The molecule has 0 atom stereocenters. The Kier molecular flexibility index (Phi) is 6.27. The summed E-state index contributed by atoms with van der Waals surface area (Å²) in [6, 6.07) is 9.97. The van der Waals surface area contributed by atoms with Gasteiger partial charge in [0.15, 0.2) is 5.82 Å². The Balaban J connectivity index is 1.94. The van der Waals surface area contributed by atoms with E-state index in [4.69, 9.17) is 11.6 Å². The molecule has 9 heteroatoms. The fourth-order valence-corrected chi connectivity index (χ4v) is 3.00. The summed E-state index contributed by atoms with van der Waals surface area (Å²) in [7, 11) is 0. The molecular formula is C21H20ClN5O3. The number of nitrogens with one attached hydrogen (secondary N) is 2. The molecule has 3 rings (SSSR count). The molecular weight excluding hydrogens is 406 g/mol. The predicted octanol–water partition coefficient (Wildman–Crippen LogP) is 3.11. The highest BCUT2D eigenvalue weighted by molar-refractivity contribution is 6.32. The minimum absolute atomic E-state index is 0.0930. The van der Waals surface area contributed by atoms with E-state index in [1.165, 1.54) is 11.6 Å². The molecule has 154 valence electrons. The lowest BCUT2D eigenvalue weighted by Crippen LogP contribution is -2.29. The molecule has 30 heavy (non-hydrogen) atoms. The van der Waals surface area contributed by atoms with Crippen molar-refractivity contribution in [2.24, 2.45) is 0 Å². The summed E-state index contributed by atoms with van der Waals surface area (Å²) >= 11 is 6.22. The van der Waals surface area contributed by atoms with Gasteiger partial charge in [-0.15, -0.1) is 0 Å². The summed E-state index contributed by atoms with van der Waals surface area (Å²) in [6.07, 6.45) is 1.55. The smallest absolute Gasteiger partial charge is 0.274 e. The highest BCUT2D eigenvalue weighted by atomic mass is 35.5. The number of carbonyl (C=O) groups excluding carboxylic acids is 3. The average Bonchev–Trinajstić information content (AvgIpc) is 3.08. The first-order chi connectivity index (χ1) is 14.3. The van der Waals surface area contributed by atoms with Crippen LogP contribution in [0.4, 0.5) is 5.69 Å². The molecule has 2 N–H and O–H groups in total. The van der Waals surface area contributed by atoms with E-state index in [1.807, 2.05) is 6.92 Å². The quantitative estimate of drug-likeness (QED) is 0.631. The summed E-state index contributed by atoms with van der Waals surface area (Å²) in [5.41, 5.74) is 2.23. The summed E-state index contributed by atoms with van der Waals surface area (Å²) in [4.78, 5) is 40.9. The van der Waals surface area contributed by atoms with Crippen molar-refractivity contribution in [3.05, 3.63) is 70.1 Å². The van der Waals surface area contributed by atoms with Crippen LogP contribution >= 0.6 is 11.6 Å². The molecule has 0 aliphatic rings. The number of amides is 2. The molecule has 2 heterocycles. The number of Topliss-reactive ketones (excluding diaryl/α,β-unsaturated/α-hetero) is 1.